The van der Waals surface area contributed by atoms with Gasteiger partial charge in [-0.25, -0.2) is 4.79 Å². The highest BCUT2D eigenvalue weighted by Crippen LogP contribution is 2.38. The number of aliphatic hydroxyl groups excluding tert-OH is 1. The molecule has 1 aliphatic rings. The van der Waals surface area contributed by atoms with E-state index in [9.17, 15) is 9.90 Å². The van der Waals surface area contributed by atoms with E-state index in [4.69, 9.17) is 20.9 Å². The van der Waals surface area contributed by atoms with Crippen LogP contribution in [0.2, 0.25) is 5.02 Å². The Morgan fingerprint density at radius 2 is 2.13 bits per heavy atom. The van der Waals surface area contributed by atoms with Gasteiger partial charge in [0.2, 0.25) is 0 Å². The number of aliphatic hydroxyl groups is 1. The summed E-state index contributed by atoms with van der Waals surface area (Å²) in [5, 5.41) is 18.9. The van der Waals surface area contributed by atoms with Crippen molar-refractivity contribution in [1.82, 2.24) is 14.9 Å². The average molecular weight is 430 g/mol. The van der Waals surface area contributed by atoms with Gasteiger partial charge in [0.1, 0.15) is 17.4 Å². The van der Waals surface area contributed by atoms with Gasteiger partial charge in [-0.05, 0) is 32.3 Å². The number of rotatable bonds is 8. The Labute approximate surface area is 179 Å². The summed E-state index contributed by atoms with van der Waals surface area (Å²) in [4.78, 5) is 13.0. The highest BCUT2D eigenvalue weighted by Gasteiger charge is 2.34. The molecule has 7 nitrogen and oxygen atoms in total. The minimum atomic E-state index is -0.483. The molecule has 1 saturated carbocycles. The lowest BCUT2D eigenvalue weighted by molar-refractivity contribution is 0.0473. The Bertz CT molecular complexity index is 1050. The van der Waals surface area contributed by atoms with Gasteiger partial charge in [-0.2, -0.15) is 5.10 Å². The van der Waals surface area contributed by atoms with E-state index < -0.39 is 5.97 Å². The molecule has 0 aliphatic heterocycles. The van der Waals surface area contributed by atoms with Crippen LogP contribution in [-0.2, 0) is 4.74 Å². The third-order valence-electron chi connectivity index (χ3n) is 5.29. The van der Waals surface area contributed by atoms with Crippen LogP contribution in [-0.4, -0.2) is 38.7 Å². The van der Waals surface area contributed by atoms with Gasteiger partial charge in [-0.15, -0.1) is 0 Å². The second-order valence-electron chi connectivity index (χ2n) is 7.53. The van der Waals surface area contributed by atoms with Crippen molar-refractivity contribution in [3.8, 4) is 22.6 Å². The number of aromatic nitrogens is 3. The number of ether oxygens (including phenoxy) is 1. The zero-order valence-corrected chi connectivity index (χ0v) is 17.7. The summed E-state index contributed by atoms with van der Waals surface area (Å²) in [5.41, 5.74) is 2.61. The summed E-state index contributed by atoms with van der Waals surface area (Å²) in [5.74, 6) is -0.185. The summed E-state index contributed by atoms with van der Waals surface area (Å²) in [6.07, 6.45) is 5.00. The van der Waals surface area contributed by atoms with Crippen molar-refractivity contribution >= 4 is 17.6 Å². The Hall–Kier alpha value is -2.64. The molecule has 0 unspecified atom stereocenters. The van der Waals surface area contributed by atoms with Crippen LogP contribution < -0.4 is 0 Å². The number of carbonyl (C=O) groups is 1. The molecular weight excluding hydrogens is 406 g/mol. The molecule has 1 fully saturated rings. The van der Waals surface area contributed by atoms with Crippen molar-refractivity contribution in [3.63, 3.8) is 0 Å². The molecule has 4 rings (SSSR count). The summed E-state index contributed by atoms with van der Waals surface area (Å²) in [7, 11) is 0. The number of halogens is 1. The summed E-state index contributed by atoms with van der Waals surface area (Å²) in [6.45, 7) is 3.92. The normalized spacial score (nSPS) is 14.7. The van der Waals surface area contributed by atoms with Gasteiger partial charge in [0.25, 0.3) is 0 Å². The maximum Gasteiger partial charge on any atom is 0.344 e. The van der Waals surface area contributed by atoms with Gasteiger partial charge in [0, 0.05) is 11.3 Å². The van der Waals surface area contributed by atoms with Crippen molar-refractivity contribution in [1.29, 1.82) is 0 Å². The molecule has 0 radical (unpaired) electrons. The quantitative estimate of drug-likeness (QED) is 0.516. The van der Waals surface area contributed by atoms with E-state index in [2.05, 4.69) is 17.2 Å². The van der Waals surface area contributed by atoms with Gasteiger partial charge < -0.3 is 14.4 Å². The smallest absolute Gasteiger partial charge is 0.344 e. The van der Waals surface area contributed by atoms with E-state index in [0.29, 0.717) is 27.6 Å². The van der Waals surface area contributed by atoms with Crippen LogP contribution in [0.5, 0.6) is 0 Å². The standard InChI is InChI=1S/C22H24ClN3O4/c1-3-6-14(12-27)26-13(2)17(11-24-26)21-19(22(28)29-15-9-10-15)20(25-30-21)16-7-4-5-8-18(16)23/h4-5,7-8,11,14-15,27H,3,6,9-10,12H2,1-2H3/t14-/m0/s1. The number of carbonyl (C=O) groups excluding carboxylic acids is 1. The largest absolute Gasteiger partial charge is 0.459 e. The fraction of sp³-hybridized carbons (Fsp3) is 0.409. The molecule has 2 heterocycles. The fourth-order valence-electron chi connectivity index (χ4n) is 3.54. The Kier molecular flexibility index (Phi) is 5.92. The highest BCUT2D eigenvalue weighted by molar-refractivity contribution is 6.33. The van der Waals surface area contributed by atoms with Crippen molar-refractivity contribution < 1.29 is 19.2 Å². The van der Waals surface area contributed by atoms with Crippen molar-refractivity contribution in [2.24, 2.45) is 0 Å². The second kappa shape index (κ2) is 8.62. The topological polar surface area (TPSA) is 90.4 Å². The zero-order valence-electron chi connectivity index (χ0n) is 17.0. The van der Waals surface area contributed by atoms with Gasteiger partial charge in [-0.1, -0.05) is 48.3 Å². The predicted molar refractivity (Wildman–Crippen MR) is 112 cm³/mol. The lowest BCUT2D eigenvalue weighted by Gasteiger charge is -2.16. The molecule has 3 aromatic rings. The molecule has 1 N–H and O–H groups in total. The summed E-state index contributed by atoms with van der Waals surface area (Å²) < 4.78 is 13.0. The van der Waals surface area contributed by atoms with E-state index in [1.165, 1.54) is 0 Å². The van der Waals surface area contributed by atoms with Crippen LogP contribution in [0.25, 0.3) is 22.6 Å². The molecule has 0 saturated heterocycles. The number of hydrogen-bond donors (Lipinski definition) is 1. The van der Waals surface area contributed by atoms with Crippen molar-refractivity contribution in [2.75, 3.05) is 6.61 Å². The fourth-order valence-corrected chi connectivity index (χ4v) is 3.76. The monoisotopic (exact) mass is 429 g/mol. The number of esters is 1. The third-order valence-corrected chi connectivity index (χ3v) is 5.62. The maximum atomic E-state index is 13.0. The number of benzene rings is 1. The Morgan fingerprint density at radius 1 is 1.37 bits per heavy atom. The SMILES string of the molecule is CCC[C@@H](CO)n1ncc(-c2onc(-c3ccccc3Cl)c2C(=O)OC2CC2)c1C. The number of hydrogen-bond acceptors (Lipinski definition) is 6. The second-order valence-corrected chi connectivity index (χ2v) is 7.94. The summed E-state index contributed by atoms with van der Waals surface area (Å²) in [6, 6.07) is 7.02. The van der Waals surface area contributed by atoms with Crippen LogP contribution in [0.1, 0.15) is 54.7 Å². The minimum Gasteiger partial charge on any atom is -0.459 e. The molecule has 158 valence electrons. The molecule has 1 aliphatic carbocycles. The van der Waals surface area contributed by atoms with Crippen LogP contribution in [0, 0.1) is 6.92 Å². The van der Waals surface area contributed by atoms with E-state index in [1.54, 1.807) is 23.0 Å². The molecule has 8 heteroatoms. The highest BCUT2D eigenvalue weighted by atomic mass is 35.5. The first-order chi connectivity index (χ1) is 14.5. The molecule has 2 aromatic heterocycles. The third kappa shape index (κ3) is 3.87. The first-order valence-electron chi connectivity index (χ1n) is 10.2. The first kappa shape index (κ1) is 20.6. The van der Waals surface area contributed by atoms with E-state index in [1.807, 2.05) is 19.1 Å². The van der Waals surface area contributed by atoms with Crippen LogP contribution >= 0.6 is 11.6 Å². The first-order valence-corrected chi connectivity index (χ1v) is 10.5. The van der Waals surface area contributed by atoms with Gasteiger partial charge in [0.15, 0.2) is 5.76 Å². The summed E-state index contributed by atoms with van der Waals surface area (Å²) >= 11 is 6.36. The molecule has 1 aromatic carbocycles. The zero-order chi connectivity index (χ0) is 21.3. The van der Waals surface area contributed by atoms with Crippen LogP contribution in [0.4, 0.5) is 0 Å². The van der Waals surface area contributed by atoms with Gasteiger partial charge in [-0.3, -0.25) is 4.68 Å². The Morgan fingerprint density at radius 3 is 2.80 bits per heavy atom. The molecule has 0 bridgehead atoms. The van der Waals surface area contributed by atoms with Gasteiger partial charge in [0.05, 0.1) is 29.4 Å². The average Bonchev–Trinajstić information content (AvgIpc) is 3.31. The molecular formula is C22H24ClN3O4. The van der Waals surface area contributed by atoms with Crippen molar-refractivity contribution in [2.45, 2.75) is 51.7 Å². The maximum absolute atomic E-state index is 13.0. The lowest BCUT2D eigenvalue weighted by Crippen LogP contribution is -2.16. The molecule has 0 amide bonds. The lowest BCUT2D eigenvalue weighted by atomic mass is 10.0. The number of nitrogens with zero attached hydrogens (tertiary/aromatic N) is 3. The molecule has 0 spiro atoms. The molecule has 1 atom stereocenters. The van der Waals surface area contributed by atoms with Crippen LogP contribution in [0.3, 0.4) is 0 Å². The van der Waals surface area contributed by atoms with E-state index >= 15 is 0 Å². The molecule has 30 heavy (non-hydrogen) atoms. The Balaban J connectivity index is 1.82. The van der Waals surface area contributed by atoms with Crippen LogP contribution in [0.15, 0.2) is 35.0 Å². The minimum absolute atomic E-state index is 0.0202. The van der Waals surface area contributed by atoms with Gasteiger partial charge >= 0.3 is 5.97 Å². The van der Waals surface area contributed by atoms with Crippen molar-refractivity contribution in [3.05, 3.63) is 46.7 Å². The van der Waals surface area contributed by atoms with E-state index in [0.717, 1.165) is 31.4 Å². The van der Waals surface area contributed by atoms with E-state index in [-0.39, 0.29) is 24.3 Å². The predicted octanol–water partition coefficient (Wildman–Crippen LogP) is 4.82.